The van der Waals surface area contributed by atoms with Crippen molar-refractivity contribution in [2.75, 3.05) is 39.0 Å². The molecule has 5 nitrogen and oxygen atoms in total. The maximum Gasteiger partial charge on any atom is 0.211 e. The van der Waals surface area contributed by atoms with Crippen LogP contribution in [0.2, 0.25) is 5.02 Å². The lowest BCUT2D eigenvalue weighted by molar-refractivity contribution is -0.123. The first-order valence-electron chi connectivity index (χ1n) is 8.15. The highest BCUT2D eigenvalue weighted by Gasteiger charge is 2.29. The number of hydrogen-bond acceptors (Lipinski definition) is 4. The standard InChI is InChI=1S/C17H25ClN2O3S/c1-13(2)17(21)16(14-4-6-15(18)7-5-14)12-19-8-10-20(11-9-19)24(3,22)23/h4-7,13,16H,8-12H2,1-3H3/t16-/m1/s1. The molecular weight excluding hydrogens is 348 g/mol. The molecule has 0 saturated carbocycles. The number of halogens is 1. The second kappa shape index (κ2) is 7.95. The third-order valence-electron chi connectivity index (χ3n) is 4.43. The summed E-state index contributed by atoms with van der Waals surface area (Å²) in [5.74, 6) is -0.0714. The topological polar surface area (TPSA) is 57.7 Å². The first-order valence-corrected chi connectivity index (χ1v) is 10.4. The highest BCUT2D eigenvalue weighted by Crippen LogP contribution is 2.24. The number of Topliss-reactive ketones (excluding diaryl/α,β-unsaturated/α-hetero) is 1. The van der Waals surface area contributed by atoms with E-state index in [0.29, 0.717) is 37.7 Å². The Hall–Kier alpha value is -0.950. The molecule has 0 N–H and O–H groups in total. The molecule has 1 aromatic rings. The molecule has 2 rings (SSSR count). The molecule has 24 heavy (non-hydrogen) atoms. The molecule has 7 heteroatoms. The molecule has 0 bridgehead atoms. The van der Waals surface area contributed by atoms with Crippen molar-refractivity contribution < 1.29 is 13.2 Å². The van der Waals surface area contributed by atoms with Crippen molar-refractivity contribution >= 4 is 27.4 Å². The van der Waals surface area contributed by atoms with E-state index >= 15 is 0 Å². The van der Waals surface area contributed by atoms with Gasteiger partial charge in [0.2, 0.25) is 10.0 Å². The van der Waals surface area contributed by atoms with Crippen molar-refractivity contribution in [1.29, 1.82) is 0 Å². The quantitative estimate of drug-likeness (QED) is 0.768. The minimum Gasteiger partial charge on any atom is -0.300 e. The zero-order valence-corrected chi connectivity index (χ0v) is 16.0. The van der Waals surface area contributed by atoms with Gasteiger partial charge in [0.05, 0.1) is 12.2 Å². The fraction of sp³-hybridized carbons (Fsp3) is 0.588. The van der Waals surface area contributed by atoms with E-state index in [1.54, 1.807) is 12.1 Å². The van der Waals surface area contributed by atoms with E-state index < -0.39 is 10.0 Å². The molecule has 0 unspecified atom stereocenters. The van der Waals surface area contributed by atoms with Crippen LogP contribution in [0.5, 0.6) is 0 Å². The van der Waals surface area contributed by atoms with Crippen LogP contribution in [-0.2, 0) is 14.8 Å². The highest BCUT2D eigenvalue weighted by atomic mass is 35.5. The summed E-state index contributed by atoms with van der Waals surface area (Å²) in [5.41, 5.74) is 0.962. The van der Waals surface area contributed by atoms with Crippen LogP contribution in [0.3, 0.4) is 0 Å². The van der Waals surface area contributed by atoms with Crippen LogP contribution in [0.1, 0.15) is 25.3 Å². The van der Waals surface area contributed by atoms with Gasteiger partial charge in [-0.1, -0.05) is 37.6 Å². The van der Waals surface area contributed by atoms with E-state index in [-0.39, 0.29) is 17.6 Å². The summed E-state index contributed by atoms with van der Waals surface area (Å²) in [7, 11) is -3.14. The van der Waals surface area contributed by atoms with Gasteiger partial charge >= 0.3 is 0 Å². The predicted octanol–water partition coefficient (Wildman–Crippen LogP) is 2.23. The van der Waals surface area contributed by atoms with Gasteiger partial charge in [0.25, 0.3) is 0 Å². The number of benzene rings is 1. The third kappa shape index (κ3) is 5.02. The predicted molar refractivity (Wildman–Crippen MR) is 96.9 cm³/mol. The van der Waals surface area contributed by atoms with Crippen LogP contribution in [0.15, 0.2) is 24.3 Å². The number of carbonyl (C=O) groups is 1. The maximum atomic E-state index is 12.7. The first kappa shape index (κ1) is 19.4. The van der Waals surface area contributed by atoms with Gasteiger partial charge in [-0.15, -0.1) is 0 Å². The molecule has 0 aliphatic carbocycles. The molecule has 0 spiro atoms. The molecule has 1 aromatic carbocycles. The van der Waals surface area contributed by atoms with Crippen LogP contribution in [0.4, 0.5) is 0 Å². The zero-order valence-electron chi connectivity index (χ0n) is 14.4. The summed E-state index contributed by atoms with van der Waals surface area (Å²) in [4.78, 5) is 14.8. The zero-order chi connectivity index (χ0) is 17.9. The van der Waals surface area contributed by atoms with Gasteiger partial charge in [0, 0.05) is 43.7 Å². The molecule has 1 heterocycles. The second-order valence-electron chi connectivity index (χ2n) is 6.62. The lowest BCUT2D eigenvalue weighted by Gasteiger charge is -2.35. The average molecular weight is 373 g/mol. The number of sulfonamides is 1. The maximum absolute atomic E-state index is 12.7. The Morgan fingerprint density at radius 2 is 1.67 bits per heavy atom. The molecule has 1 saturated heterocycles. The van der Waals surface area contributed by atoms with Crippen molar-refractivity contribution in [3.05, 3.63) is 34.9 Å². The lowest BCUT2D eigenvalue weighted by atomic mass is 9.88. The number of piperazine rings is 1. The largest absolute Gasteiger partial charge is 0.300 e. The number of rotatable bonds is 6. The molecule has 1 aliphatic heterocycles. The second-order valence-corrected chi connectivity index (χ2v) is 9.04. The Labute approximate surface area is 149 Å². The van der Waals surface area contributed by atoms with E-state index in [1.807, 2.05) is 26.0 Å². The van der Waals surface area contributed by atoms with Crippen molar-refractivity contribution in [2.45, 2.75) is 19.8 Å². The highest BCUT2D eigenvalue weighted by molar-refractivity contribution is 7.88. The average Bonchev–Trinajstić information content (AvgIpc) is 2.52. The summed E-state index contributed by atoms with van der Waals surface area (Å²) < 4.78 is 24.7. The molecule has 0 aromatic heterocycles. The van der Waals surface area contributed by atoms with Gasteiger partial charge in [-0.3, -0.25) is 9.69 Å². The van der Waals surface area contributed by atoms with Crippen molar-refractivity contribution in [3.8, 4) is 0 Å². The Bertz CT molecular complexity index is 666. The first-order chi connectivity index (χ1) is 11.2. The van der Waals surface area contributed by atoms with Crippen LogP contribution < -0.4 is 0 Å². The summed E-state index contributed by atoms with van der Waals surface area (Å²) in [6.07, 6.45) is 1.24. The Kier molecular flexibility index (Phi) is 6.42. The third-order valence-corrected chi connectivity index (χ3v) is 5.98. The van der Waals surface area contributed by atoms with Crippen LogP contribution in [-0.4, -0.2) is 62.4 Å². The molecule has 1 aliphatic rings. The van der Waals surface area contributed by atoms with Gasteiger partial charge in [-0.2, -0.15) is 4.31 Å². The molecule has 0 amide bonds. The van der Waals surface area contributed by atoms with E-state index in [1.165, 1.54) is 10.6 Å². The van der Waals surface area contributed by atoms with Gasteiger partial charge in [0.1, 0.15) is 5.78 Å². The smallest absolute Gasteiger partial charge is 0.211 e. The van der Waals surface area contributed by atoms with Crippen LogP contribution in [0, 0.1) is 5.92 Å². The Morgan fingerprint density at radius 3 is 2.12 bits per heavy atom. The van der Waals surface area contributed by atoms with Crippen LogP contribution in [0.25, 0.3) is 0 Å². The number of ketones is 1. The van der Waals surface area contributed by atoms with Crippen molar-refractivity contribution in [1.82, 2.24) is 9.21 Å². The normalized spacial score (nSPS) is 18.7. The molecular formula is C17H25ClN2O3S. The SMILES string of the molecule is CC(C)C(=O)[C@H](CN1CCN(S(C)(=O)=O)CC1)c1ccc(Cl)cc1. The van der Waals surface area contributed by atoms with Crippen molar-refractivity contribution in [2.24, 2.45) is 5.92 Å². The number of nitrogens with zero attached hydrogens (tertiary/aromatic N) is 2. The van der Waals surface area contributed by atoms with Gasteiger partial charge in [-0.05, 0) is 17.7 Å². The van der Waals surface area contributed by atoms with Crippen molar-refractivity contribution in [3.63, 3.8) is 0 Å². The minimum atomic E-state index is -3.14. The summed E-state index contributed by atoms with van der Waals surface area (Å²) in [5, 5.41) is 0.649. The minimum absolute atomic E-state index is 0.0528. The summed E-state index contributed by atoms with van der Waals surface area (Å²) >= 11 is 5.95. The molecule has 134 valence electrons. The monoisotopic (exact) mass is 372 g/mol. The fourth-order valence-corrected chi connectivity index (χ4v) is 3.91. The lowest BCUT2D eigenvalue weighted by Crippen LogP contribution is -2.49. The van der Waals surface area contributed by atoms with Crippen LogP contribution >= 0.6 is 11.6 Å². The number of hydrogen-bond donors (Lipinski definition) is 0. The van der Waals surface area contributed by atoms with E-state index in [9.17, 15) is 13.2 Å². The number of carbonyl (C=O) groups excluding carboxylic acids is 1. The van der Waals surface area contributed by atoms with Gasteiger partial charge in [0.15, 0.2) is 0 Å². The Morgan fingerprint density at radius 1 is 1.12 bits per heavy atom. The Balaban J connectivity index is 2.09. The fourth-order valence-electron chi connectivity index (χ4n) is 2.96. The summed E-state index contributed by atoms with van der Waals surface area (Å²) in [6, 6.07) is 7.41. The van der Waals surface area contributed by atoms with Gasteiger partial charge in [-0.25, -0.2) is 8.42 Å². The van der Waals surface area contributed by atoms with E-state index in [4.69, 9.17) is 11.6 Å². The molecule has 0 radical (unpaired) electrons. The van der Waals surface area contributed by atoms with Gasteiger partial charge < -0.3 is 0 Å². The van der Waals surface area contributed by atoms with E-state index in [2.05, 4.69) is 4.90 Å². The molecule has 1 fully saturated rings. The molecule has 1 atom stereocenters. The summed E-state index contributed by atoms with van der Waals surface area (Å²) in [6.45, 7) is 6.66. The van der Waals surface area contributed by atoms with E-state index in [0.717, 1.165) is 5.56 Å².